The average molecular weight is 351 g/mol. The molecule has 1 heterocycles. The zero-order valence-electron chi connectivity index (χ0n) is 13.4. The highest BCUT2D eigenvalue weighted by atomic mass is 35.5. The van der Waals surface area contributed by atoms with E-state index in [1.165, 1.54) is 7.11 Å². The first-order valence-electron chi connectivity index (χ1n) is 7.69. The summed E-state index contributed by atoms with van der Waals surface area (Å²) in [6, 6.07) is 0. The van der Waals surface area contributed by atoms with E-state index in [-0.39, 0.29) is 24.3 Å². The highest BCUT2D eigenvalue weighted by molar-refractivity contribution is 7.99. The number of nitrogens with one attached hydrogen (secondary N) is 1. The number of halogens is 1. The lowest BCUT2D eigenvalue weighted by Crippen LogP contribution is -2.65. The Bertz CT molecular complexity index is 416. The Labute approximate surface area is 142 Å². The van der Waals surface area contributed by atoms with Crippen molar-refractivity contribution in [2.75, 3.05) is 18.6 Å². The van der Waals surface area contributed by atoms with Crippen LogP contribution in [0.2, 0.25) is 0 Å². The van der Waals surface area contributed by atoms with Crippen LogP contribution < -0.4 is 11.1 Å². The first kappa shape index (κ1) is 19.6. The molecule has 0 spiro atoms. The van der Waals surface area contributed by atoms with Crippen LogP contribution in [0.4, 0.5) is 0 Å². The second kappa shape index (κ2) is 7.88. The molecule has 1 aliphatic carbocycles. The van der Waals surface area contributed by atoms with E-state index in [4.69, 9.17) is 10.5 Å². The number of nitrogens with two attached hydrogens (primary N) is 1. The molecule has 0 radical (unpaired) electrons. The van der Waals surface area contributed by atoms with Gasteiger partial charge < -0.3 is 15.8 Å². The summed E-state index contributed by atoms with van der Waals surface area (Å²) >= 11 is 1.70. The molecule has 2 rings (SSSR count). The molecule has 128 valence electrons. The highest BCUT2D eigenvalue weighted by Gasteiger charge is 2.47. The van der Waals surface area contributed by atoms with Gasteiger partial charge in [-0.3, -0.25) is 4.79 Å². The molecule has 7 heteroatoms. The van der Waals surface area contributed by atoms with Crippen LogP contribution in [0.5, 0.6) is 0 Å². The molecular weight excluding hydrogens is 324 g/mol. The van der Waals surface area contributed by atoms with Crippen LogP contribution in [0.25, 0.3) is 0 Å². The Kier molecular flexibility index (Phi) is 7.02. The molecule has 2 fully saturated rings. The molecule has 0 bridgehead atoms. The Morgan fingerprint density at radius 2 is 2.05 bits per heavy atom. The molecule has 0 aromatic heterocycles. The van der Waals surface area contributed by atoms with Gasteiger partial charge >= 0.3 is 5.97 Å². The van der Waals surface area contributed by atoms with Crippen LogP contribution in [0.1, 0.15) is 45.4 Å². The molecular formula is C15H27ClN2O3S. The van der Waals surface area contributed by atoms with Crippen molar-refractivity contribution in [2.24, 2.45) is 11.7 Å². The topological polar surface area (TPSA) is 81.4 Å². The summed E-state index contributed by atoms with van der Waals surface area (Å²) in [5, 5.41) is 2.97. The van der Waals surface area contributed by atoms with Gasteiger partial charge in [-0.15, -0.1) is 12.4 Å². The van der Waals surface area contributed by atoms with Gasteiger partial charge in [-0.1, -0.05) is 19.8 Å². The summed E-state index contributed by atoms with van der Waals surface area (Å²) in [5.74, 6) is 1.52. The van der Waals surface area contributed by atoms with Crippen molar-refractivity contribution >= 4 is 36.0 Å². The number of carbonyl (C=O) groups excluding carboxylic acids is 2. The Morgan fingerprint density at radius 1 is 1.32 bits per heavy atom. The molecule has 0 aromatic carbocycles. The normalized spacial score (nSPS) is 35.1. The van der Waals surface area contributed by atoms with E-state index in [0.717, 1.165) is 25.0 Å². The number of amides is 1. The van der Waals surface area contributed by atoms with Gasteiger partial charge in [-0.05, 0) is 37.4 Å². The van der Waals surface area contributed by atoms with Gasteiger partial charge in [0, 0.05) is 5.75 Å². The summed E-state index contributed by atoms with van der Waals surface area (Å²) in [6.45, 7) is 2.11. The lowest BCUT2D eigenvalue weighted by molar-refractivity contribution is -0.154. The fraction of sp³-hybridized carbons (Fsp3) is 0.867. The molecule has 2 aliphatic rings. The summed E-state index contributed by atoms with van der Waals surface area (Å²) in [4.78, 5) is 24.9. The first-order valence-corrected chi connectivity index (χ1v) is 8.85. The maximum atomic E-state index is 12.7. The number of thioether (sulfide) groups is 1. The Morgan fingerprint density at radius 3 is 2.59 bits per heavy atom. The van der Waals surface area contributed by atoms with Crippen LogP contribution in [0.15, 0.2) is 0 Å². The van der Waals surface area contributed by atoms with Gasteiger partial charge in [0.15, 0.2) is 0 Å². The van der Waals surface area contributed by atoms with E-state index < -0.39 is 11.1 Å². The van der Waals surface area contributed by atoms with Crippen LogP contribution in [0.3, 0.4) is 0 Å². The van der Waals surface area contributed by atoms with Gasteiger partial charge in [0.05, 0.1) is 7.11 Å². The summed E-state index contributed by atoms with van der Waals surface area (Å²) in [7, 11) is 1.38. The number of ether oxygens (including phenoxy) is 1. The van der Waals surface area contributed by atoms with Crippen molar-refractivity contribution in [1.82, 2.24) is 5.32 Å². The SMILES string of the molecule is COC(=O)C1(NC(=O)C2(N)CCCSC2)CCCC(C)C1.Cl. The number of hydrogen-bond donors (Lipinski definition) is 2. The minimum atomic E-state index is -0.891. The summed E-state index contributed by atoms with van der Waals surface area (Å²) in [5.41, 5.74) is 4.52. The van der Waals surface area contributed by atoms with E-state index in [9.17, 15) is 9.59 Å². The molecule has 1 amide bonds. The third-order valence-electron chi connectivity index (χ3n) is 4.65. The van der Waals surface area contributed by atoms with Crippen LogP contribution in [-0.2, 0) is 14.3 Å². The van der Waals surface area contributed by atoms with E-state index in [0.29, 0.717) is 30.9 Å². The number of esters is 1. The van der Waals surface area contributed by atoms with Crippen LogP contribution in [-0.4, -0.2) is 41.6 Å². The molecule has 3 unspecified atom stereocenters. The van der Waals surface area contributed by atoms with Gasteiger partial charge in [0.2, 0.25) is 5.91 Å². The third-order valence-corrected chi connectivity index (χ3v) is 5.95. The number of methoxy groups -OCH3 is 1. The fourth-order valence-corrected chi connectivity index (χ4v) is 4.57. The average Bonchev–Trinajstić information content (AvgIpc) is 2.47. The molecule has 0 aromatic rings. The second-order valence-corrected chi connectivity index (χ2v) is 7.65. The minimum Gasteiger partial charge on any atom is -0.467 e. The largest absolute Gasteiger partial charge is 0.467 e. The van der Waals surface area contributed by atoms with Gasteiger partial charge in [0.1, 0.15) is 11.1 Å². The van der Waals surface area contributed by atoms with E-state index in [1.54, 1.807) is 11.8 Å². The number of carbonyl (C=O) groups is 2. The van der Waals surface area contributed by atoms with Gasteiger partial charge in [-0.2, -0.15) is 11.8 Å². The Balaban J connectivity index is 0.00000242. The van der Waals surface area contributed by atoms with Gasteiger partial charge in [-0.25, -0.2) is 4.79 Å². The molecule has 22 heavy (non-hydrogen) atoms. The molecule has 1 saturated heterocycles. The lowest BCUT2D eigenvalue weighted by Gasteiger charge is -2.41. The monoisotopic (exact) mass is 350 g/mol. The first-order chi connectivity index (χ1) is 9.92. The van der Waals surface area contributed by atoms with E-state index in [2.05, 4.69) is 12.2 Å². The molecule has 1 saturated carbocycles. The standard InChI is InChI=1S/C15H26N2O3S.ClH/c1-11-5-3-7-15(9-11,13(19)20-2)17-12(18)14(16)6-4-8-21-10-14;/h11H,3-10,16H2,1-2H3,(H,17,18);1H. The van der Waals surface area contributed by atoms with Crippen LogP contribution >= 0.6 is 24.2 Å². The predicted molar refractivity (Wildman–Crippen MR) is 91.2 cm³/mol. The quantitative estimate of drug-likeness (QED) is 0.759. The van der Waals surface area contributed by atoms with Crippen molar-refractivity contribution < 1.29 is 14.3 Å². The maximum absolute atomic E-state index is 12.7. The fourth-order valence-electron chi connectivity index (χ4n) is 3.43. The smallest absolute Gasteiger partial charge is 0.331 e. The number of rotatable bonds is 3. The Hall–Kier alpha value is -0.460. The summed E-state index contributed by atoms with van der Waals surface area (Å²) < 4.78 is 4.96. The molecule has 3 N–H and O–H groups in total. The van der Waals surface area contributed by atoms with Gasteiger partial charge in [0.25, 0.3) is 0 Å². The predicted octanol–water partition coefficient (Wildman–Crippen LogP) is 1.87. The molecule has 3 atom stereocenters. The van der Waals surface area contributed by atoms with Crippen molar-refractivity contribution in [3.8, 4) is 0 Å². The zero-order chi connectivity index (χ0) is 15.5. The van der Waals surface area contributed by atoms with E-state index >= 15 is 0 Å². The lowest BCUT2D eigenvalue weighted by atomic mass is 9.75. The van der Waals surface area contributed by atoms with E-state index in [1.807, 2.05) is 0 Å². The minimum absolute atomic E-state index is 0. The molecule has 1 aliphatic heterocycles. The zero-order valence-corrected chi connectivity index (χ0v) is 15.0. The van der Waals surface area contributed by atoms with Crippen LogP contribution in [0, 0.1) is 5.92 Å². The van der Waals surface area contributed by atoms with Crippen molar-refractivity contribution in [3.63, 3.8) is 0 Å². The highest BCUT2D eigenvalue weighted by Crippen LogP contribution is 2.34. The van der Waals surface area contributed by atoms with Crippen molar-refractivity contribution in [2.45, 2.75) is 56.5 Å². The molecule has 5 nitrogen and oxygen atoms in total. The summed E-state index contributed by atoms with van der Waals surface area (Å²) in [6.07, 6.45) is 4.89. The second-order valence-electron chi connectivity index (χ2n) is 6.54. The van der Waals surface area contributed by atoms with Crippen molar-refractivity contribution in [3.05, 3.63) is 0 Å². The van der Waals surface area contributed by atoms with Crippen molar-refractivity contribution in [1.29, 1.82) is 0 Å². The maximum Gasteiger partial charge on any atom is 0.331 e. The number of hydrogen-bond acceptors (Lipinski definition) is 5. The third kappa shape index (κ3) is 4.09.